The van der Waals surface area contributed by atoms with E-state index in [0.717, 1.165) is 28.8 Å². The monoisotopic (exact) mass is 336 g/mol. The molecule has 0 radical (unpaired) electrons. The molecule has 1 aliphatic heterocycles. The number of thiocarbonyl (C=S) groups is 1. The highest BCUT2D eigenvalue weighted by atomic mass is 32.2. The number of thioether (sulfide) groups is 1. The normalized spacial score (nSPS) is 17.8. The van der Waals surface area contributed by atoms with Gasteiger partial charge in [-0.2, -0.15) is 0 Å². The van der Waals surface area contributed by atoms with Crippen molar-refractivity contribution in [3.8, 4) is 5.75 Å². The third-order valence-electron chi connectivity index (χ3n) is 3.28. The number of hydrogen-bond acceptors (Lipinski definition) is 4. The van der Waals surface area contributed by atoms with Gasteiger partial charge in [-0.05, 0) is 47.9 Å². The summed E-state index contributed by atoms with van der Waals surface area (Å²) >= 11 is 9.31. The van der Waals surface area contributed by atoms with Gasteiger partial charge in [0.15, 0.2) is 5.11 Å². The van der Waals surface area contributed by atoms with Crippen molar-refractivity contribution in [2.75, 3.05) is 24.7 Å². The minimum atomic E-state index is 0.336. The zero-order chi connectivity index (χ0) is 14.7. The van der Waals surface area contributed by atoms with E-state index in [1.165, 1.54) is 4.88 Å². The first kappa shape index (κ1) is 14.7. The molecule has 110 valence electrons. The zero-order valence-electron chi connectivity index (χ0n) is 11.6. The molecule has 1 aromatic carbocycles. The van der Waals surface area contributed by atoms with E-state index in [1.807, 2.05) is 36.0 Å². The van der Waals surface area contributed by atoms with Crippen molar-refractivity contribution in [2.45, 2.75) is 5.37 Å². The average molecular weight is 337 g/mol. The van der Waals surface area contributed by atoms with E-state index in [-0.39, 0.29) is 0 Å². The van der Waals surface area contributed by atoms with Gasteiger partial charge in [-0.1, -0.05) is 6.07 Å². The number of hydrogen-bond donors (Lipinski definition) is 1. The summed E-state index contributed by atoms with van der Waals surface area (Å²) in [7, 11) is 1.67. The Morgan fingerprint density at radius 3 is 2.81 bits per heavy atom. The minimum Gasteiger partial charge on any atom is -0.497 e. The molecule has 2 heterocycles. The van der Waals surface area contributed by atoms with Crippen LogP contribution >= 0.6 is 35.3 Å². The van der Waals surface area contributed by atoms with E-state index in [1.54, 1.807) is 18.4 Å². The molecule has 1 saturated heterocycles. The van der Waals surface area contributed by atoms with E-state index in [9.17, 15) is 0 Å². The Kier molecular flexibility index (Phi) is 4.67. The van der Waals surface area contributed by atoms with Gasteiger partial charge >= 0.3 is 0 Å². The molecule has 0 saturated carbocycles. The molecule has 0 aliphatic carbocycles. The number of ether oxygens (including phenoxy) is 1. The molecular weight excluding hydrogens is 320 g/mol. The first-order valence-electron chi connectivity index (χ1n) is 6.64. The van der Waals surface area contributed by atoms with Crippen LogP contribution in [0.15, 0.2) is 41.8 Å². The van der Waals surface area contributed by atoms with Crippen molar-refractivity contribution in [1.82, 2.24) is 4.90 Å². The fraction of sp³-hybridized carbons (Fsp3) is 0.267. The van der Waals surface area contributed by atoms with Gasteiger partial charge in [-0.15, -0.1) is 23.1 Å². The lowest BCUT2D eigenvalue weighted by Gasteiger charge is -2.26. The van der Waals surface area contributed by atoms with Crippen LogP contribution in [0.3, 0.4) is 0 Å². The van der Waals surface area contributed by atoms with E-state index in [2.05, 4.69) is 27.7 Å². The summed E-state index contributed by atoms with van der Waals surface area (Å²) < 4.78 is 5.17. The summed E-state index contributed by atoms with van der Waals surface area (Å²) in [6, 6.07) is 12.1. The van der Waals surface area contributed by atoms with Crippen molar-refractivity contribution >= 4 is 46.1 Å². The van der Waals surface area contributed by atoms with Gasteiger partial charge in [-0.3, -0.25) is 0 Å². The predicted molar refractivity (Wildman–Crippen MR) is 95.4 cm³/mol. The molecule has 2 aromatic rings. The Morgan fingerprint density at radius 2 is 2.14 bits per heavy atom. The average Bonchev–Trinajstić information content (AvgIpc) is 3.18. The van der Waals surface area contributed by atoms with Gasteiger partial charge in [0.2, 0.25) is 0 Å². The summed E-state index contributed by atoms with van der Waals surface area (Å²) in [5.41, 5.74) is 0.989. The second kappa shape index (κ2) is 6.68. The molecule has 1 aromatic heterocycles. The van der Waals surface area contributed by atoms with Gasteiger partial charge in [0.25, 0.3) is 0 Å². The van der Waals surface area contributed by atoms with Crippen molar-refractivity contribution in [2.24, 2.45) is 0 Å². The van der Waals surface area contributed by atoms with Crippen molar-refractivity contribution in [3.63, 3.8) is 0 Å². The Hall–Kier alpha value is -1.24. The number of benzene rings is 1. The van der Waals surface area contributed by atoms with Crippen LogP contribution in [-0.2, 0) is 0 Å². The molecule has 1 atom stereocenters. The molecule has 21 heavy (non-hydrogen) atoms. The standard InChI is InChI=1S/C15H16N2OS3/c1-18-12-6-4-11(5-7-12)16-15(19)17-8-10-21-14(17)13-3-2-9-20-13/h2-7,9,14H,8,10H2,1H3,(H,16,19)/t14-/m0/s1. The molecule has 6 heteroatoms. The Balaban J connectivity index is 1.69. The van der Waals surface area contributed by atoms with E-state index >= 15 is 0 Å². The van der Waals surface area contributed by atoms with Crippen LogP contribution in [0.1, 0.15) is 10.3 Å². The van der Waals surface area contributed by atoms with Crippen LogP contribution in [0.2, 0.25) is 0 Å². The number of rotatable bonds is 3. The maximum absolute atomic E-state index is 5.58. The lowest BCUT2D eigenvalue weighted by atomic mass is 10.3. The summed E-state index contributed by atoms with van der Waals surface area (Å²) in [4.78, 5) is 3.62. The topological polar surface area (TPSA) is 24.5 Å². The minimum absolute atomic E-state index is 0.336. The van der Waals surface area contributed by atoms with Crippen LogP contribution in [0.4, 0.5) is 5.69 Å². The second-order valence-corrected chi connectivity index (χ2v) is 7.14. The third-order valence-corrected chi connectivity index (χ3v) is 5.93. The molecule has 1 aliphatic rings. The highest BCUT2D eigenvalue weighted by Gasteiger charge is 2.29. The molecule has 0 spiro atoms. The molecule has 0 bridgehead atoms. The fourth-order valence-electron chi connectivity index (χ4n) is 2.22. The highest BCUT2D eigenvalue weighted by Crippen LogP contribution is 2.40. The summed E-state index contributed by atoms with van der Waals surface area (Å²) in [5, 5.41) is 6.56. The van der Waals surface area contributed by atoms with Gasteiger partial charge < -0.3 is 15.0 Å². The molecule has 3 rings (SSSR count). The maximum Gasteiger partial charge on any atom is 0.174 e. The highest BCUT2D eigenvalue weighted by molar-refractivity contribution is 7.99. The fourth-order valence-corrected chi connectivity index (χ4v) is 4.84. The van der Waals surface area contributed by atoms with Crippen LogP contribution in [0.5, 0.6) is 5.75 Å². The van der Waals surface area contributed by atoms with Gasteiger partial charge in [-0.25, -0.2) is 0 Å². The number of thiophene rings is 1. The van der Waals surface area contributed by atoms with Gasteiger partial charge in [0, 0.05) is 22.9 Å². The SMILES string of the molecule is COc1ccc(NC(=S)N2CCS[C@H]2c2cccs2)cc1. The van der Waals surface area contributed by atoms with Crippen LogP contribution in [0.25, 0.3) is 0 Å². The van der Waals surface area contributed by atoms with Gasteiger partial charge in [0.05, 0.1) is 7.11 Å². The number of nitrogens with zero attached hydrogens (tertiary/aromatic N) is 1. The Morgan fingerprint density at radius 1 is 1.33 bits per heavy atom. The van der Waals surface area contributed by atoms with Crippen LogP contribution in [-0.4, -0.2) is 29.4 Å². The van der Waals surface area contributed by atoms with Gasteiger partial charge in [0.1, 0.15) is 11.1 Å². The number of nitrogens with one attached hydrogen (secondary N) is 1. The quantitative estimate of drug-likeness (QED) is 0.847. The second-order valence-electron chi connectivity index (χ2n) is 4.59. The largest absolute Gasteiger partial charge is 0.497 e. The van der Waals surface area contributed by atoms with Crippen LogP contribution < -0.4 is 10.1 Å². The Bertz CT molecular complexity index is 598. The van der Waals surface area contributed by atoms with Crippen LogP contribution in [0, 0.1) is 0 Å². The lowest BCUT2D eigenvalue weighted by molar-refractivity contribution is 0.415. The smallest absolute Gasteiger partial charge is 0.174 e. The molecule has 1 N–H and O–H groups in total. The van der Waals surface area contributed by atoms with Crippen molar-refractivity contribution < 1.29 is 4.74 Å². The lowest BCUT2D eigenvalue weighted by Crippen LogP contribution is -2.33. The van der Waals surface area contributed by atoms with Crippen molar-refractivity contribution in [1.29, 1.82) is 0 Å². The van der Waals surface area contributed by atoms with E-state index < -0.39 is 0 Å². The van der Waals surface area contributed by atoms with Crippen molar-refractivity contribution in [3.05, 3.63) is 46.7 Å². The maximum atomic E-state index is 5.58. The number of anilines is 1. The Labute approximate surface area is 138 Å². The molecular formula is C15H16N2OS3. The summed E-state index contributed by atoms with van der Waals surface area (Å²) in [5.74, 6) is 1.95. The molecule has 1 fully saturated rings. The third kappa shape index (κ3) is 3.33. The number of methoxy groups -OCH3 is 1. The van der Waals surface area contributed by atoms with E-state index in [4.69, 9.17) is 17.0 Å². The predicted octanol–water partition coefficient (Wildman–Crippen LogP) is 4.20. The molecule has 0 amide bonds. The zero-order valence-corrected chi connectivity index (χ0v) is 14.1. The molecule has 3 nitrogen and oxygen atoms in total. The first-order valence-corrected chi connectivity index (χ1v) is 8.98. The molecule has 0 unspecified atom stereocenters. The summed E-state index contributed by atoms with van der Waals surface area (Å²) in [6.45, 7) is 0.981. The summed E-state index contributed by atoms with van der Waals surface area (Å²) in [6.07, 6.45) is 0. The van der Waals surface area contributed by atoms with E-state index in [0.29, 0.717) is 5.37 Å². The first-order chi connectivity index (χ1) is 10.3.